The highest BCUT2D eigenvalue weighted by Gasteiger charge is 2.11. The van der Waals surface area contributed by atoms with E-state index < -0.39 is 23.3 Å². The van der Waals surface area contributed by atoms with E-state index in [1.807, 2.05) is 0 Å². The van der Waals surface area contributed by atoms with E-state index in [4.69, 9.17) is 21.9 Å². The minimum atomic E-state index is -0.924. The van der Waals surface area contributed by atoms with Crippen molar-refractivity contribution in [2.24, 2.45) is 27.2 Å². The molecule has 6 N–H and O–H groups in total. The van der Waals surface area contributed by atoms with Crippen LogP contribution in [0.2, 0.25) is 0 Å². The molecule has 98 valence electrons. The van der Waals surface area contributed by atoms with Gasteiger partial charge >= 0.3 is 0 Å². The average molecular weight is 257 g/mol. The summed E-state index contributed by atoms with van der Waals surface area (Å²) in [4.78, 5) is 6.79. The third-order valence-corrected chi connectivity index (χ3v) is 1.77. The van der Waals surface area contributed by atoms with E-state index in [-0.39, 0.29) is 18.3 Å². The molecule has 0 heterocycles. The molecule has 0 aliphatic rings. The molecule has 0 atom stereocenters. The molecular formula is C10H13F2N5O. The van der Waals surface area contributed by atoms with Gasteiger partial charge in [0.25, 0.3) is 0 Å². The van der Waals surface area contributed by atoms with Gasteiger partial charge in [0, 0.05) is 12.1 Å². The van der Waals surface area contributed by atoms with Gasteiger partial charge in [-0.15, -0.1) is 0 Å². The molecule has 0 fully saturated rings. The SMILES string of the molecule is CCOc1cc(F)c(N=C(N)N=C(N)N)c(F)c1. The van der Waals surface area contributed by atoms with Gasteiger partial charge in [0.05, 0.1) is 6.61 Å². The number of guanidine groups is 2. The lowest BCUT2D eigenvalue weighted by Crippen LogP contribution is -2.26. The Kier molecular flexibility index (Phi) is 4.41. The summed E-state index contributed by atoms with van der Waals surface area (Å²) >= 11 is 0. The standard InChI is InChI=1S/C10H13F2N5O/c1-2-18-5-3-6(11)8(7(12)4-5)16-10(15)17-9(13)14/h3-4H,2H2,1H3,(H6,13,14,15,16,17). The van der Waals surface area contributed by atoms with Crippen LogP contribution < -0.4 is 21.9 Å². The number of nitrogens with two attached hydrogens (primary N) is 3. The van der Waals surface area contributed by atoms with Gasteiger partial charge in [0.1, 0.15) is 11.4 Å². The maximum absolute atomic E-state index is 13.5. The van der Waals surface area contributed by atoms with E-state index in [2.05, 4.69) is 9.98 Å². The molecule has 0 aliphatic heterocycles. The summed E-state index contributed by atoms with van der Waals surface area (Å²) in [5.41, 5.74) is 14.8. The second-order valence-corrected chi connectivity index (χ2v) is 3.18. The van der Waals surface area contributed by atoms with Crippen LogP contribution in [0.1, 0.15) is 6.92 Å². The Hall–Kier alpha value is -2.38. The molecule has 1 rings (SSSR count). The van der Waals surface area contributed by atoms with Gasteiger partial charge in [0.15, 0.2) is 17.6 Å². The smallest absolute Gasteiger partial charge is 0.223 e. The van der Waals surface area contributed by atoms with Crippen LogP contribution in [0.4, 0.5) is 14.5 Å². The lowest BCUT2D eigenvalue weighted by atomic mass is 10.3. The maximum atomic E-state index is 13.5. The van der Waals surface area contributed by atoms with Crippen molar-refractivity contribution in [1.82, 2.24) is 0 Å². The molecule has 0 saturated carbocycles. The highest BCUT2D eigenvalue weighted by Crippen LogP contribution is 2.27. The zero-order valence-electron chi connectivity index (χ0n) is 9.65. The summed E-state index contributed by atoms with van der Waals surface area (Å²) in [6.07, 6.45) is 0. The summed E-state index contributed by atoms with van der Waals surface area (Å²) in [5.74, 6) is -2.59. The van der Waals surface area contributed by atoms with Crippen LogP contribution in [0.15, 0.2) is 22.1 Å². The summed E-state index contributed by atoms with van der Waals surface area (Å²) in [6.45, 7) is 1.98. The first-order chi connectivity index (χ1) is 8.43. The first-order valence-corrected chi connectivity index (χ1v) is 4.99. The van der Waals surface area contributed by atoms with Crippen molar-refractivity contribution in [2.45, 2.75) is 6.92 Å². The topological polar surface area (TPSA) is 112 Å². The number of ether oxygens (including phenoxy) is 1. The van der Waals surface area contributed by atoms with Crippen LogP contribution in [0, 0.1) is 11.6 Å². The second-order valence-electron chi connectivity index (χ2n) is 3.18. The van der Waals surface area contributed by atoms with Crippen molar-refractivity contribution in [3.8, 4) is 5.75 Å². The Morgan fingerprint density at radius 3 is 2.22 bits per heavy atom. The number of rotatable bonds is 3. The largest absolute Gasteiger partial charge is 0.494 e. The molecule has 6 nitrogen and oxygen atoms in total. The van der Waals surface area contributed by atoms with E-state index in [0.717, 1.165) is 12.1 Å². The predicted molar refractivity (Wildman–Crippen MR) is 64.6 cm³/mol. The van der Waals surface area contributed by atoms with Gasteiger partial charge in [0.2, 0.25) is 5.96 Å². The summed E-state index contributed by atoms with van der Waals surface area (Å²) in [6, 6.07) is 1.99. The Labute approximate surface area is 102 Å². The molecule has 0 spiro atoms. The minimum Gasteiger partial charge on any atom is -0.494 e. The first kappa shape index (κ1) is 13.7. The quantitative estimate of drug-likeness (QED) is 0.543. The van der Waals surface area contributed by atoms with Crippen LogP contribution in [-0.4, -0.2) is 18.5 Å². The van der Waals surface area contributed by atoms with Crippen molar-refractivity contribution >= 4 is 17.6 Å². The number of halogens is 2. The van der Waals surface area contributed by atoms with Gasteiger partial charge < -0.3 is 21.9 Å². The minimum absolute atomic E-state index is 0.0619. The molecule has 0 amide bonds. The van der Waals surface area contributed by atoms with Gasteiger partial charge in [-0.05, 0) is 6.92 Å². The third-order valence-electron chi connectivity index (χ3n) is 1.77. The predicted octanol–water partition coefficient (Wildman–Crippen LogP) is 0.583. The fourth-order valence-corrected chi connectivity index (χ4v) is 1.17. The van der Waals surface area contributed by atoms with Crippen LogP contribution in [0.5, 0.6) is 5.75 Å². The fourth-order valence-electron chi connectivity index (χ4n) is 1.17. The van der Waals surface area contributed by atoms with Crippen molar-refractivity contribution in [3.05, 3.63) is 23.8 Å². The van der Waals surface area contributed by atoms with E-state index in [1.54, 1.807) is 6.92 Å². The van der Waals surface area contributed by atoms with Crippen molar-refractivity contribution in [1.29, 1.82) is 0 Å². The highest BCUT2D eigenvalue weighted by atomic mass is 19.1. The molecule has 0 aromatic heterocycles. The number of hydrogen-bond acceptors (Lipinski definition) is 2. The molecule has 18 heavy (non-hydrogen) atoms. The molecule has 1 aromatic carbocycles. The van der Waals surface area contributed by atoms with Gasteiger partial charge in [-0.25, -0.2) is 13.8 Å². The number of hydrogen-bond donors (Lipinski definition) is 3. The Morgan fingerprint density at radius 2 is 1.78 bits per heavy atom. The normalized spacial score (nSPS) is 11.2. The summed E-state index contributed by atoms with van der Waals surface area (Å²) < 4.78 is 32.0. The van der Waals surface area contributed by atoms with E-state index >= 15 is 0 Å². The molecule has 8 heteroatoms. The monoisotopic (exact) mass is 257 g/mol. The fraction of sp³-hybridized carbons (Fsp3) is 0.200. The summed E-state index contributed by atoms with van der Waals surface area (Å²) in [7, 11) is 0. The molecule has 0 bridgehead atoms. The maximum Gasteiger partial charge on any atom is 0.223 e. The Balaban J connectivity index is 3.15. The van der Waals surface area contributed by atoms with Crippen LogP contribution in [-0.2, 0) is 0 Å². The second kappa shape index (κ2) is 5.80. The van der Waals surface area contributed by atoms with E-state index in [1.165, 1.54) is 0 Å². The average Bonchev–Trinajstić information content (AvgIpc) is 2.23. The van der Waals surface area contributed by atoms with E-state index in [0.29, 0.717) is 0 Å². The lowest BCUT2D eigenvalue weighted by Gasteiger charge is -2.05. The van der Waals surface area contributed by atoms with Crippen LogP contribution >= 0.6 is 0 Å². The molecule has 0 aliphatic carbocycles. The number of aliphatic imine (C=N–C) groups is 2. The van der Waals surface area contributed by atoms with Crippen molar-refractivity contribution in [2.75, 3.05) is 6.61 Å². The van der Waals surface area contributed by atoms with Gasteiger partial charge in [-0.3, -0.25) is 0 Å². The Bertz CT molecular complexity index is 474. The highest BCUT2D eigenvalue weighted by molar-refractivity contribution is 5.93. The molecule has 0 unspecified atom stereocenters. The lowest BCUT2D eigenvalue weighted by molar-refractivity contribution is 0.336. The molecule has 1 aromatic rings. The number of benzene rings is 1. The first-order valence-electron chi connectivity index (χ1n) is 4.99. The molecule has 0 saturated heterocycles. The number of nitrogens with zero attached hydrogens (tertiary/aromatic N) is 2. The van der Waals surface area contributed by atoms with Crippen molar-refractivity contribution < 1.29 is 13.5 Å². The van der Waals surface area contributed by atoms with Gasteiger partial charge in [-0.1, -0.05) is 0 Å². The zero-order chi connectivity index (χ0) is 13.7. The van der Waals surface area contributed by atoms with Crippen molar-refractivity contribution in [3.63, 3.8) is 0 Å². The van der Waals surface area contributed by atoms with E-state index in [9.17, 15) is 8.78 Å². The van der Waals surface area contributed by atoms with Gasteiger partial charge in [-0.2, -0.15) is 4.99 Å². The Morgan fingerprint density at radius 1 is 1.22 bits per heavy atom. The molecule has 0 radical (unpaired) electrons. The molecular weight excluding hydrogens is 244 g/mol. The summed E-state index contributed by atoms with van der Waals surface area (Å²) in [5, 5.41) is 0. The van der Waals surface area contributed by atoms with Crippen LogP contribution in [0.25, 0.3) is 0 Å². The zero-order valence-corrected chi connectivity index (χ0v) is 9.65. The van der Waals surface area contributed by atoms with Crippen LogP contribution in [0.3, 0.4) is 0 Å². The third kappa shape index (κ3) is 3.58.